The summed E-state index contributed by atoms with van der Waals surface area (Å²) in [4.78, 5) is 3.62. The second-order valence-corrected chi connectivity index (χ2v) is 8.36. The lowest BCUT2D eigenvalue weighted by Gasteiger charge is -2.19. The normalized spacial score (nSPS) is 10.8. The van der Waals surface area contributed by atoms with Crippen LogP contribution in [0.5, 0.6) is 0 Å². The molecule has 4 aromatic rings. The fourth-order valence-corrected chi connectivity index (χ4v) is 3.67. The molecule has 3 nitrogen and oxygen atoms in total. The molecule has 0 saturated carbocycles. The van der Waals surface area contributed by atoms with Crippen molar-refractivity contribution in [2.45, 2.75) is 33.6 Å². The van der Waals surface area contributed by atoms with Crippen LogP contribution in [0.1, 0.15) is 33.8 Å². The molecule has 0 saturated heterocycles. The largest absolute Gasteiger partial charge is 0.256 e. The van der Waals surface area contributed by atoms with E-state index in [1.165, 1.54) is 11.3 Å². The van der Waals surface area contributed by atoms with E-state index < -0.39 is 0 Å². The predicted molar refractivity (Wildman–Crippen MR) is 127 cm³/mol. The second kappa shape index (κ2) is 8.93. The van der Waals surface area contributed by atoms with E-state index >= 15 is 0 Å². The van der Waals surface area contributed by atoms with Crippen molar-refractivity contribution in [1.29, 1.82) is 0 Å². The van der Waals surface area contributed by atoms with Gasteiger partial charge in [0.2, 0.25) is 11.4 Å². The van der Waals surface area contributed by atoms with Crippen molar-refractivity contribution in [3.63, 3.8) is 0 Å². The predicted octanol–water partition coefficient (Wildman–Crippen LogP) is 6.39. The van der Waals surface area contributed by atoms with Crippen LogP contribution in [0.2, 0.25) is 0 Å². The molecule has 2 aromatic heterocycles. The summed E-state index contributed by atoms with van der Waals surface area (Å²) < 4.78 is 4.17. The highest BCUT2D eigenvalue weighted by Crippen LogP contribution is 2.26. The number of hydrogen-bond acceptors (Lipinski definition) is 0. The number of hydrogen-bond donors (Lipinski definition) is 0. The molecule has 2 aromatic carbocycles. The first-order valence-corrected chi connectivity index (χ1v) is 10.1. The van der Waals surface area contributed by atoms with Gasteiger partial charge in [0.15, 0.2) is 24.8 Å². The first-order chi connectivity index (χ1) is 14.5. The third-order valence-electron chi connectivity index (χ3n) is 5.26. The molecule has 0 unspecified atom stereocenters. The molecule has 0 bridgehead atoms. The fourth-order valence-electron chi connectivity index (χ4n) is 3.67. The van der Waals surface area contributed by atoms with Crippen LogP contribution in [0.15, 0.2) is 97.6 Å². The standard InChI is InChI=1S/C27H25N3.CH4/c1-27(2,3)23-9-5-7-11-25(23)29-17-13-21(14-18-29)22-15-19-30(20-16-22)26-12-8-6-10-24(26)28-4;/h5-20H,1-3H3;1H4/q+2;. The highest BCUT2D eigenvalue weighted by molar-refractivity contribution is 5.62. The van der Waals surface area contributed by atoms with Crippen LogP contribution in [-0.2, 0) is 5.41 Å². The second-order valence-electron chi connectivity index (χ2n) is 8.36. The number of para-hydroxylation sites is 3. The van der Waals surface area contributed by atoms with Gasteiger partial charge in [-0.1, -0.05) is 58.5 Å². The molecule has 0 N–H and O–H groups in total. The first-order valence-electron chi connectivity index (χ1n) is 10.1. The molecule has 0 aliphatic rings. The van der Waals surface area contributed by atoms with E-state index in [-0.39, 0.29) is 12.8 Å². The highest BCUT2D eigenvalue weighted by atomic mass is 15.0. The van der Waals surface area contributed by atoms with Gasteiger partial charge in [-0.25, -0.2) is 4.85 Å². The molecule has 0 fully saturated rings. The quantitative estimate of drug-likeness (QED) is 0.275. The van der Waals surface area contributed by atoms with E-state index in [4.69, 9.17) is 6.57 Å². The van der Waals surface area contributed by atoms with Crippen molar-refractivity contribution in [2.24, 2.45) is 0 Å². The van der Waals surface area contributed by atoms with E-state index in [0.717, 1.165) is 16.8 Å². The zero-order chi connectivity index (χ0) is 21.1. The Morgan fingerprint density at radius 1 is 0.645 bits per heavy atom. The van der Waals surface area contributed by atoms with Gasteiger partial charge in [-0.05, 0) is 28.7 Å². The molecule has 0 atom stereocenters. The average molecular weight is 408 g/mol. The number of pyridine rings is 2. The third-order valence-corrected chi connectivity index (χ3v) is 5.26. The molecule has 0 aliphatic carbocycles. The van der Waals surface area contributed by atoms with Crippen molar-refractivity contribution in [3.05, 3.63) is 115 Å². The van der Waals surface area contributed by atoms with Crippen LogP contribution in [0, 0.1) is 6.57 Å². The summed E-state index contributed by atoms with van der Waals surface area (Å²) in [7, 11) is 0. The molecular formula is C28H29N3+2. The Morgan fingerprint density at radius 3 is 1.61 bits per heavy atom. The molecule has 0 amide bonds. The van der Waals surface area contributed by atoms with Crippen LogP contribution < -0.4 is 9.13 Å². The molecule has 0 spiro atoms. The van der Waals surface area contributed by atoms with Crippen molar-refractivity contribution in [2.75, 3.05) is 0 Å². The van der Waals surface area contributed by atoms with Gasteiger partial charge in [-0.3, -0.25) is 0 Å². The third kappa shape index (κ3) is 4.54. The Balaban J connectivity index is 0.00000272. The van der Waals surface area contributed by atoms with Crippen LogP contribution in [0.3, 0.4) is 0 Å². The highest BCUT2D eigenvalue weighted by Gasteiger charge is 2.22. The zero-order valence-electron chi connectivity index (χ0n) is 17.6. The topological polar surface area (TPSA) is 12.1 Å². The molecule has 0 aliphatic heterocycles. The summed E-state index contributed by atoms with van der Waals surface area (Å²) >= 11 is 0. The van der Waals surface area contributed by atoms with Gasteiger partial charge in [-0.15, -0.1) is 0 Å². The number of rotatable bonds is 3. The monoisotopic (exact) mass is 407 g/mol. The smallest absolute Gasteiger partial charge is 0.231 e. The number of nitrogens with zero attached hydrogens (tertiary/aromatic N) is 3. The fraction of sp³-hybridized carbons (Fsp3) is 0.179. The summed E-state index contributed by atoms with van der Waals surface area (Å²) in [5.74, 6) is 0. The van der Waals surface area contributed by atoms with Crippen LogP contribution >= 0.6 is 0 Å². The Morgan fingerprint density at radius 2 is 1.10 bits per heavy atom. The lowest BCUT2D eigenvalue weighted by atomic mass is 9.85. The van der Waals surface area contributed by atoms with Crippen molar-refractivity contribution in [3.8, 4) is 22.5 Å². The van der Waals surface area contributed by atoms with Gasteiger partial charge in [0.1, 0.15) is 0 Å². The molecule has 154 valence electrons. The Labute approximate surface area is 185 Å². The Hall–Kier alpha value is -3.77. The molecule has 0 radical (unpaired) electrons. The molecule has 4 rings (SSSR count). The summed E-state index contributed by atoms with van der Waals surface area (Å²) in [6, 6.07) is 24.7. The van der Waals surface area contributed by atoms with Gasteiger partial charge in [-0.2, -0.15) is 9.13 Å². The van der Waals surface area contributed by atoms with E-state index in [0.29, 0.717) is 5.69 Å². The van der Waals surface area contributed by atoms with E-state index in [1.54, 1.807) is 0 Å². The van der Waals surface area contributed by atoms with Crippen molar-refractivity contribution < 1.29 is 9.13 Å². The van der Waals surface area contributed by atoms with Crippen LogP contribution in [0.25, 0.3) is 27.3 Å². The maximum absolute atomic E-state index is 7.36. The van der Waals surface area contributed by atoms with Gasteiger partial charge in [0, 0.05) is 35.9 Å². The number of benzene rings is 2. The zero-order valence-corrected chi connectivity index (χ0v) is 17.6. The maximum Gasteiger partial charge on any atom is 0.256 e. The molecule has 31 heavy (non-hydrogen) atoms. The average Bonchev–Trinajstić information content (AvgIpc) is 2.79. The first kappa shape index (κ1) is 21.9. The molecule has 3 heteroatoms. The lowest BCUT2D eigenvalue weighted by Crippen LogP contribution is -2.33. The lowest BCUT2D eigenvalue weighted by molar-refractivity contribution is -0.596. The van der Waals surface area contributed by atoms with Gasteiger partial charge >= 0.3 is 0 Å². The van der Waals surface area contributed by atoms with E-state index in [1.807, 2.05) is 41.2 Å². The maximum atomic E-state index is 7.36. The minimum absolute atomic E-state index is 0. The van der Waals surface area contributed by atoms with Gasteiger partial charge in [0.05, 0.1) is 6.57 Å². The van der Waals surface area contributed by atoms with Crippen LogP contribution in [0.4, 0.5) is 5.69 Å². The summed E-state index contributed by atoms with van der Waals surface area (Å²) in [5, 5.41) is 0. The van der Waals surface area contributed by atoms with E-state index in [2.05, 4.69) is 91.1 Å². The minimum atomic E-state index is 0. The summed E-state index contributed by atoms with van der Waals surface area (Å²) in [6.45, 7) is 14.1. The van der Waals surface area contributed by atoms with E-state index in [9.17, 15) is 0 Å². The Bertz CT molecular complexity index is 1210. The van der Waals surface area contributed by atoms with Crippen molar-refractivity contribution >= 4 is 5.69 Å². The van der Waals surface area contributed by atoms with Gasteiger partial charge in [0.25, 0.3) is 5.69 Å². The molecular weight excluding hydrogens is 378 g/mol. The summed E-state index contributed by atoms with van der Waals surface area (Å²) in [6.07, 6.45) is 8.26. The summed E-state index contributed by atoms with van der Waals surface area (Å²) in [5.41, 5.74) is 6.45. The SMILES string of the molecule is C.[C-]#[N+]c1ccccc1-[n+]1ccc(-c2cc[n+](-c3ccccc3C(C)(C)C)cc2)cc1. The Kier molecular flexibility index (Phi) is 6.32. The molecule has 2 heterocycles. The van der Waals surface area contributed by atoms with Crippen molar-refractivity contribution in [1.82, 2.24) is 0 Å². The minimum Gasteiger partial charge on any atom is -0.231 e. The number of aromatic nitrogens is 2. The van der Waals surface area contributed by atoms with Gasteiger partial charge < -0.3 is 0 Å². The van der Waals surface area contributed by atoms with Crippen LogP contribution in [-0.4, -0.2) is 0 Å².